The molecule has 21 heavy (non-hydrogen) atoms. The number of hydrogen-bond acceptors (Lipinski definition) is 2. The van der Waals surface area contributed by atoms with Crippen molar-refractivity contribution in [3.05, 3.63) is 70.7 Å². The second kappa shape index (κ2) is 6.00. The van der Waals surface area contributed by atoms with Gasteiger partial charge < -0.3 is 4.90 Å². The van der Waals surface area contributed by atoms with E-state index in [-0.39, 0.29) is 17.6 Å². The van der Waals surface area contributed by atoms with Gasteiger partial charge in [-0.3, -0.25) is 4.79 Å². The molecule has 0 bridgehead atoms. The lowest BCUT2D eigenvalue weighted by molar-refractivity contribution is 0.0916. The molecule has 3 heteroatoms. The van der Waals surface area contributed by atoms with E-state index in [1.54, 1.807) is 12.1 Å². The zero-order chi connectivity index (χ0) is 14.8. The molecule has 0 aromatic heterocycles. The van der Waals surface area contributed by atoms with Gasteiger partial charge in [-0.05, 0) is 36.9 Å². The standard InChI is InChI=1S/C18H18ClNO/c1-20-11-16(13-5-3-2-4-6-13)17(12-20)18(21)14-7-9-15(19)10-8-14/h2-10,16-17H,11-12H2,1H3/t16-,17-/m0/s1. The Morgan fingerprint density at radius 3 is 2.38 bits per heavy atom. The fourth-order valence-electron chi connectivity index (χ4n) is 3.13. The molecule has 0 radical (unpaired) electrons. The largest absolute Gasteiger partial charge is 0.305 e. The average molecular weight is 300 g/mol. The van der Waals surface area contributed by atoms with Crippen molar-refractivity contribution < 1.29 is 4.79 Å². The van der Waals surface area contributed by atoms with Crippen molar-refractivity contribution in [1.29, 1.82) is 0 Å². The molecule has 1 aliphatic heterocycles. The summed E-state index contributed by atoms with van der Waals surface area (Å²) in [7, 11) is 2.07. The van der Waals surface area contributed by atoms with E-state index in [1.807, 2.05) is 30.3 Å². The number of nitrogens with zero attached hydrogens (tertiary/aromatic N) is 1. The van der Waals surface area contributed by atoms with Crippen LogP contribution >= 0.6 is 11.6 Å². The van der Waals surface area contributed by atoms with Crippen LogP contribution in [-0.4, -0.2) is 30.8 Å². The topological polar surface area (TPSA) is 20.3 Å². The Morgan fingerprint density at radius 1 is 1.05 bits per heavy atom. The molecule has 0 aliphatic carbocycles. The SMILES string of the molecule is CN1C[C@H](C(=O)c2ccc(Cl)cc2)[C@H](c2ccccc2)C1. The number of halogens is 1. The molecule has 1 saturated heterocycles. The van der Waals surface area contributed by atoms with Gasteiger partial charge in [-0.1, -0.05) is 41.9 Å². The Balaban J connectivity index is 1.88. The summed E-state index contributed by atoms with van der Waals surface area (Å²) in [6.45, 7) is 1.73. The quantitative estimate of drug-likeness (QED) is 0.802. The number of hydrogen-bond donors (Lipinski definition) is 0. The van der Waals surface area contributed by atoms with Crippen LogP contribution in [0.5, 0.6) is 0 Å². The van der Waals surface area contributed by atoms with Crippen molar-refractivity contribution in [2.24, 2.45) is 5.92 Å². The third-order valence-electron chi connectivity index (χ3n) is 4.20. The summed E-state index contributed by atoms with van der Waals surface area (Å²) < 4.78 is 0. The molecule has 3 rings (SSSR count). The molecular formula is C18H18ClNO. The van der Waals surface area contributed by atoms with Gasteiger partial charge in [0, 0.05) is 35.5 Å². The minimum atomic E-state index is 0.0126. The van der Waals surface area contributed by atoms with Crippen LogP contribution in [0, 0.1) is 5.92 Å². The zero-order valence-electron chi connectivity index (χ0n) is 12.0. The molecule has 0 amide bonds. The van der Waals surface area contributed by atoms with Gasteiger partial charge in [0.05, 0.1) is 0 Å². The molecule has 1 heterocycles. The van der Waals surface area contributed by atoms with E-state index in [4.69, 9.17) is 11.6 Å². The van der Waals surface area contributed by atoms with E-state index < -0.39 is 0 Å². The van der Waals surface area contributed by atoms with Crippen LogP contribution < -0.4 is 0 Å². The fourth-order valence-corrected chi connectivity index (χ4v) is 3.26. The summed E-state index contributed by atoms with van der Waals surface area (Å²) in [6.07, 6.45) is 0. The highest BCUT2D eigenvalue weighted by Crippen LogP contribution is 2.34. The molecule has 1 aliphatic rings. The predicted octanol–water partition coefficient (Wildman–Crippen LogP) is 3.87. The first-order valence-electron chi connectivity index (χ1n) is 7.18. The van der Waals surface area contributed by atoms with E-state index in [2.05, 4.69) is 24.1 Å². The summed E-state index contributed by atoms with van der Waals surface area (Å²) >= 11 is 5.90. The molecule has 0 saturated carbocycles. The Bertz CT molecular complexity index is 623. The van der Waals surface area contributed by atoms with Gasteiger partial charge in [0.2, 0.25) is 0 Å². The molecule has 2 nitrogen and oxygen atoms in total. The summed E-state index contributed by atoms with van der Waals surface area (Å²) in [5.41, 5.74) is 2.00. The Labute approximate surface area is 130 Å². The summed E-state index contributed by atoms with van der Waals surface area (Å²) in [5.74, 6) is 0.489. The van der Waals surface area contributed by atoms with Crippen LogP contribution in [0.1, 0.15) is 21.8 Å². The van der Waals surface area contributed by atoms with Gasteiger partial charge in [0.25, 0.3) is 0 Å². The third-order valence-corrected chi connectivity index (χ3v) is 4.45. The number of carbonyl (C=O) groups is 1. The lowest BCUT2D eigenvalue weighted by Gasteiger charge is -2.18. The van der Waals surface area contributed by atoms with E-state index in [9.17, 15) is 4.79 Å². The van der Waals surface area contributed by atoms with Crippen molar-refractivity contribution in [3.8, 4) is 0 Å². The first-order chi connectivity index (χ1) is 10.1. The second-order valence-corrected chi connectivity index (χ2v) is 6.15. The van der Waals surface area contributed by atoms with Crippen molar-refractivity contribution in [2.45, 2.75) is 5.92 Å². The van der Waals surface area contributed by atoms with Crippen molar-refractivity contribution in [1.82, 2.24) is 4.90 Å². The average Bonchev–Trinajstić information content (AvgIpc) is 2.90. The van der Waals surface area contributed by atoms with Gasteiger partial charge in [-0.2, -0.15) is 0 Å². The summed E-state index contributed by atoms with van der Waals surface area (Å²) in [5, 5.41) is 0.662. The van der Waals surface area contributed by atoms with Gasteiger partial charge in [-0.15, -0.1) is 0 Å². The van der Waals surface area contributed by atoms with Gasteiger partial charge in [-0.25, -0.2) is 0 Å². The molecular weight excluding hydrogens is 282 g/mol. The number of Topliss-reactive ketones (excluding diaryl/α,β-unsaturated/α-hetero) is 1. The normalized spacial score (nSPS) is 22.4. The molecule has 1 fully saturated rings. The monoisotopic (exact) mass is 299 g/mol. The van der Waals surface area contributed by atoms with E-state index in [1.165, 1.54) is 5.56 Å². The van der Waals surface area contributed by atoms with Crippen LogP contribution in [0.3, 0.4) is 0 Å². The minimum absolute atomic E-state index is 0.0126. The summed E-state index contributed by atoms with van der Waals surface area (Å²) in [4.78, 5) is 15.1. The number of carbonyl (C=O) groups excluding carboxylic acids is 1. The fraction of sp³-hybridized carbons (Fsp3) is 0.278. The number of rotatable bonds is 3. The molecule has 0 spiro atoms. The summed E-state index contributed by atoms with van der Waals surface area (Å²) in [6, 6.07) is 17.5. The highest BCUT2D eigenvalue weighted by molar-refractivity contribution is 6.30. The van der Waals surface area contributed by atoms with Gasteiger partial charge in [0.1, 0.15) is 0 Å². The van der Waals surface area contributed by atoms with Gasteiger partial charge >= 0.3 is 0 Å². The van der Waals surface area contributed by atoms with Crippen molar-refractivity contribution >= 4 is 17.4 Å². The van der Waals surface area contributed by atoms with Crippen LogP contribution in [-0.2, 0) is 0 Å². The smallest absolute Gasteiger partial charge is 0.167 e. The van der Waals surface area contributed by atoms with Crippen LogP contribution in [0.4, 0.5) is 0 Å². The maximum Gasteiger partial charge on any atom is 0.167 e. The second-order valence-electron chi connectivity index (χ2n) is 5.72. The number of benzene rings is 2. The Morgan fingerprint density at radius 2 is 1.71 bits per heavy atom. The first kappa shape index (κ1) is 14.3. The highest BCUT2D eigenvalue weighted by Gasteiger charge is 2.37. The van der Waals surface area contributed by atoms with E-state index in [0.29, 0.717) is 5.02 Å². The molecule has 108 valence electrons. The first-order valence-corrected chi connectivity index (χ1v) is 7.56. The molecule has 0 N–H and O–H groups in total. The molecule has 2 aromatic carbocycles. The maximum atomic E-state index is 12.8. The van der Waals surface area contributed by atoms with E-state index in [0.717, 1.165) is 18.7 Å². The number of likely N-dealkylation sites (N-methyl/N-ethyl adjacent to an activating group) is 1. The van der Waals surface area contributed by atoms with Crippen LogP contribution in [0.25, 0.3) is 0 Å². The van der Waals surface area contributed by atoms with Gasteiger partial charge in [0.15, 0.2) is 5.78 Å². The zero-order valence-corrected chi connectivity index (χ0v) is 12.8. The predicted molar refractivity (Wildman–Crippen MR) is 86.0 cm³/mol. The Hall–Kier alpha value is -1.64. The Kier molecular flexibility index (Phi) is 4.09. The van der Waals surface area contributed by atoms with Crippen LogP contribution in [0.15, 0.2) is 54.6 Å². The number of likely N-dealkylation sites (tertiary alicyclic amines) is 1. The number of ketones is 1. The van der Waals surface area contributed by atoms with E-state index >= 15 is 0 Å². The lowest BCUT2D eigenvalue weighted by Crippen LogP contribution is -2.22. The van der Waals surface area contributed by atoms with Crippen LogP contribution in [0.2, 0.25) is 5.02 Å². The molecule has 2 atom stereocenters. The maximum absolute atomic E-state index is 12.8. The third kappa shape index (κ3) is 3.02. The van der Waals surface area contributed by atoms with Crippen molar-refractivity contribution in [2.75, 3.05) is 20.1 Å². The minimum Gasteiger partial charge on any atom is -0.305 e. The molecule has 2 aromatic rings. The lowest BCUT2D eigenvalue weighted by atomic mass is 9.84. The van der Waals surface area contributed by atoms with Crippen molar-refractivity contribution in [3.63, 3.8) is 0 Å². The highest BCUT2D eigenvalue weighted by atomic mass is 35.5. The molecule has 0 unspecified atom stereocenters.